The number of benzene rings is 4. The van der Waals surface area contributed by atoms with Gasteiger partial charge in [0, 0.05) is 0 Å². The standard InChI is InChI=1S/C31H27NO4S/c1-21-10-11-22(2)28(18-21)35-17-16-32-30(33)29(37-31(32)34)19-23-12-14-26(15-13-23)36-20-25-8-5-7-24-6-3-4-9-27(24)25/h3-15,18-19H,16-17,20H2,1-2H3/b29-19-. The van der Waals surface area contributed by atoms with Gasteiger partial charge in [0.2, 0.25) is 0 Å². The number of hydrogen-bond acceptors (Lipinski definition) is 5. The number of hydrogen-bond donors (Lipinski definition) is 0. The predicted octanol–water partition coefficient (Wildman–Crippen LogP) is 7.15. The Morgan fingerprint density at radius 1 is 0.865 bits per heavy atom. The van der Waals surface area contributed by atoms with Gasteiger partial charge in [-0.1, -0.05) is 66.7 Å². The van der Waals surface area contributed by atoms with E-state index < -0.39 is 0 Å². The third kappa shape index (κ3) is 5.70. The van der Waals surface area contributed by atoms with Crippen LogP contribution in [0.5, 0.6) is 11.5 Å². The van der Waals surface area contributed by atoms with Crippen LogP contribution in [0, 0.1) is 13.8 Å². The maximum atomic E-state index is 12.9. The number of carbonyl (C=O) groups is 2. The topological polar surface area (TPSA) is 55.8 Å². The van der Waals surface area contributed by atoms with Crippen molar-refractivity contribution < 1.29 is 19.1 Å². The van der Waals surface area contributed by atoms with E-state index in [1.54, 1.807) is 6.08 Å². The Hall–Kier alpha value is -4.03. The normalized spacial score (nSPS) is 14.5. The maximum absolute atomic E-state index is 12.9. The highest BCUT2D eigenvalue weighted by atomic mass is 32.2. The summed E-state index contributed by atoms with van der Waals surface area (Å²) in [6, 6.07) is 27.9. The fourth-order valence-corrected chi connectivity index (χ4v) is 5.06. The zero-order chi connectivity index (χ0) is 25.8. The first-order valence-electron chi connectivity index (χ1n) is 12.1. The minimum Gasteiger partial charge on any atom is -0.491 e. The quantitative estimate of drug-likeness (QED) is 0.236. The van der Waals surface area contributed by atoms with Gasteiger partial charge < -0.3 is 9.47 Å². The third-order valence-electron chi connectivity index (χ3n) is 6.24. The molecule has 186 valence electrons. The molecule has 1 aliphatic rings. The van der Waals surface area contributed by atoms with E-state index in [2.05, 4.69) is 24.3 Å². The zero-order valence-electron chi connectivity index (χ0n) is 20.8. The lowest BCUT2D eigenvalue weighted by Gasteiger charge is -2.14. The highest BCUT2D eigenvalue weighted by Gasteiger charge is 2.34. The number of thioether (sulfide) groups is 1. The summed E-state index contributed by atoms with van der Waals surface area (Å²) < 4.78 is 11.8. The molecule has 6 heteroatoms. The molecule has 2 amide bonds. The van der Waals surface area contributed by atoms with Crippen LogP contribution in [0.25, 0.3) is 16.8 Å². The second kappa shape index (κ2) is 10.9. The fourth-order valence-electron chi connectivity index (χ4n) is 4.19. The van der Waals surface area contributed by atoms with E-state index in [0.29, 0.717) is 11.5 Å². The number of aryl methyl sites for hydroxylation is 2. The maximum Gasteiger partial charge on any atom is 0.293 e. The fraction of sp³-hybridized carbons (Fsp3) is 0.161. The van der Waals surface area contributed by atoms with Crippen molar-refractivity contribution >= 4 is 39.8 Å². The van der Waals surface area contributed by atoms with Gasteiger partial charge in [0.1, 0.15) is 24.7 Å². The molecule has 0 aromatic heterocycles. The van der Waals surface area contributed by atoms with Crippen LogP contribution in [0.4, 0.5) is 4.79 Å². The monoisotopic (exact) mass is 509 g/mol. The SMILES string of the molecule is Cc1ccc(C)c(OCCN2C(=O)S/C(=C\c3ccc(OCc4cccc5ccccc45)cc3)C2=O)c1. The van der Waals surface area contributed by atoms with E-state index in [9.17, 15) is 9.59 Å². The largest absolute Gasteiger partial charge is 0.491 e. The Morgan fingerprint density at radius 3 is 2.49 bits per heavy atom. The molecule has 5 nitrogen and oxygen atoms in total. The first-order valence-corrected chi connectivity index (χ1v) is 12.9. The van der Waals surface area contributed by atoms with Crippen LogP contribution >= 0.6 is 11.8 Å². The highest BCUT2D eigenvalue weighted by molar-refractivity contribution is 8.18. The van der Waals surface area contributed by atoms with Crippen molar-refractivity contribution in [3.63, 3.8) is 0 Å². The highest BCUT2D eigenvalue weighted by Crippen LogP contribution is 2.32. The summed E-state index contributed by atoms with van der Waals surface area (Å²) in [5.41, 5.74) is 4.07. The second-order valence-electron chi connectivity index (χ2n) is 8.95. The van der Waals surface area contributed by atoms with Crippen LogP contribution < -0.4 is 9.47 Å². The van der Waals surface area contributed by atoms with Gasteiger partial charge in [-0.15, -0.1) is 0 Å². The first kappa shape index (κ1) is 24.7. The lowest BCUT2D eigenvalue weighted by molar-refractivity contribution is -0.123. The molecule has 1 fully saturated rings. The molecule has 1 saturated heterocycles. The lowest BCUT2D eigenvalue weighted by Crippen LogP contribution is -2.32. The van der Waals surface area contributed by atoms with E-state index in [1.165, 1.54) is 15.7 Å². The van der Waals surface area contributed by atoms with E-state index in [1.807, 2.05) is 74.5 Å². The summed E-state index contributed by atoms with van der Waals surface area (Å²) >= 11 is 0.953. The molecule has 0 saturated carbocycles. The van der Waals surface area contributed by atoms with Crippen molar-refractivity contribution in [2.24, 2.45) is 0 Å². The van der Waals surface area contributed by atoms with E-state index in [4.69, 9.17) is 9.47 Å². The zero-order valence-corrected chi connectivity index (χ0v) is 21.6. The van der Waals surface area contributed by atoms with Gasteiger partial charge in [-0.05, 0) is 82.9 Å². The van der Waals surface area contributed by atoms with Crippen molar-refractivity contribution in [3.8, 4) is 11.5 Å². The van der Waals surface area contributed by atoms with E-state index in [0.717, 1.165) is 45.5 Å². The van der Waals surface area contributed by atoms with Gasteiger partial charge in [-0.25, -0.2) is 0 Å². The minimum atomic E-state index is -0.296. The van der Waals surface area contributed by atoms with Gasteiger partial charge >= 0.3 is 0 Å². The summed E-state index contributed by atoms with van der Waals surface area (Å²) in [6.07, 6.45) is 1.74. The van der Waals surface area contributed by atoms with Crippen LogP contribution in [-0.4, -0.2) is 29.2 Å². The molecular weight excluding hydrogens is 482 g/mol. The molecule has 4 aromatic rings. The Bertz CT molecular complexity index is 1490. The summed E-state index contributed by atoms with van der Waals surface area (Å²) in [7, 11) is 0. The second-order valence-corrected chi connectivity index (χ2v) is 9.94. The number of rotatable bonds is 8. The molecule has 1 aliphatic heterocycles. The van der Waals surface area contributed by atoms with Crippen molar-refractivity contribution in [2.75, 3.05) is 13.2 Å². The Kier molecular flexibility index (Phi) is 7.28. The molecule has 0 aliphatic carbocycles. The number of ether oxygens (including phenoxy) is 2. The number of fused-ring (bicyclic) bond motifs is 1. The summed E-state index contributed by atoms with van der Waals surface area (Å²) in [4.78, 5) is 27.0. The molecule has 0 spiro atoms. The van der Waals surface area contributed by atoms with Crippen LogP contribution in [0.15, 0.2) is 89.8 Å². The number of carbonyl (C=O) groups excluding carboxylic acids is 2. The first-order chi connectivity index (χ1) is 18.0. The average molecular weight is 510 g/mol. The van der Waals surface area contributed by atoms with Crippen LogP contribution in [0.1, 0.15) is 22.3 Å². The molecular formula is C31H27NO4S. The molecule has 37 heavy (non-hydrogen) atoms. The summed E-state index contributed by atoms with van der Waals surface area (Å²) in [6.45, 7) is 4.88. The molecule has 0 bridgehead atoms. The molecule has 0 atom stereocenters. The van der Waals surface area contributed by atoms with Crippen molar-refractivity contribution in [1.82, 2.24) is 4.90 Å². The van der Waals surface area contributed by atoms with Crippen molar-refractivity contribution in [1.29, 1.82) is 0 Å². The number of imide groups is 1. The van der Waals surface area contributed by atoms with Gasteiger partial charge in [-0.3, -0.25) is 14.5 Å². The molecule has 0 radical (unpaired) electrons. The van der Waals surface area contributed by atoms with Crippen LogP contribution in [-0.2, 0) is 11.4 Å². The van der Waals surface area contributed by atoms with Gasteiger partial charge in [0.05, 0.1) is 11.4 Å². The summed E-state index contributed by atoms with van der Waals surface area (Å²) in [5.74, 6) is 1.21. The smallest absolute Gasteiger partial charge is 0.293 e. The third-order valence-corrected chi connectivity index (χ3v) is 7.15. The van der Waals surface area contributed by atoms with Gasteiger partial charge in [-0.2, -0.15) is 0 Å². The lowest BCUT2D eigenvalue weighted by atomic mass is 10.1. The van der Waals surface area contributed by atoms with Crippen LogP contribution in [0.3, 0.4) is 0 Å². The van der Waals surface area contributed by atoms with Crippen LogP contribution in [0.2, 0.25) is 0 Å². The van der Waals surface area contributed by atoms with E-state index >= 15 is 0 Å². The molecule has 1 heterocycles. The van der Waals surface area contributed by atoms with Gasteiger partial charge in [0.15, 0.2) is 0 Å². The Morgan fingerprint density at radius 2 is 1.65 bits per heavy atom. The predicted molar refractivity (Wildman–Crippen MR) is 149 cm³/mol. The van der Waals surface area contributed by atoms with E-state index in [-0.39, 0.29) is 24.3 Å². The number of amides is 2. The minimum absolute atomic E-state index is 0.205. The molecule has 0 unspecified atom stereocenters. The number of nitrogens with zero attached hydrogens (tertiary/aromatic N) is 1. The van der Waals surface area contributed by atoms with Crippen molar-refractivity contribution in [3.05, 3.63) is 112 Å². The molecule has 4 aromatic carbocycles. The average Bonchev–Trinajstić information content (AvgIpc) is 3.17. The molecule has 0 N–H and O–H groups in total. The van der Waals surface area contributed by atoms with Crippen molar-refractivity contribution in [2.45, 2.75) is 20.5 Å². The van der Waals surface area contributed by atoms with Gasteiger partial charge in [0.25, 0.3) is 11.1 Å². The Labute approximate surface area is 220 Å². The molecule has 5 rings (SSSR count). The Balaban J connectivity index is 1.19. The summed E-state index contributed by atoms with van der Waals surface area (Å²) in [5, 5.41) is 2.08.